The summed E-state index contributed by atoms with van der Waals surface area (Å²) in [6, 6.07) is 9.85. The van der Waals surface area contributed by atoms with Crippen LogP contribution in [0.3, 0.4) is 0 Å². The number of alkyl carbamates (subject to hydrolysis) is 1. The van der Waals surface area contributed by atoms with Crippen LogP contribution in [-0.2, 0) is 11.3 Å². The number of benzene rings is 1. The quantitative estimate of drug-likeness (QED) is 0.902. The van der Waals surface area contributed by atoms with Crippen molar-refractivity contribution in [3.05, 3.63) is 35.9 Å². The molecule has 2 unspecified atom stereocenters. The number of hydrogen-bond donors (Lipinski definition) is 2. The molecule has 4 bridgehead atoms. The summed E-state index contributed by atoms with van der Waals surface area (Å²) < 4.78 is 5.73. The second-order valence-electron chi connectivity index (χ2n) is 7.40. The lowest BCUT2D eigenvalue weighted by molar-refractivity contribution is -0.175. The Bertz CT molecular complexity index is 543. The van der Waals surface area contributed by atoms with E-state index in [0.29, 0.717) is 24.3 Å². The highest BCUT2D eigenvalue weighted by molar-refractivity contribution is 5.67. The van der Waals surface area contributed by atoms with E-state index in [2.05, 4.69) is 5.32 Å². The fraction of sp³-hybridized carbons (Fsp3) is 0.611. The lowest BCUT2D eigenvalue weighted by atomic mass is 9.53. The first-order chi connectivity index (χ1) is 10.6. The number of nitrogens with one attached hydrogen (secondary N) is 1. The molecule has 22 heavy (non-hydrogen) atoms. The fourth-order valence-electron chi connectivity index (χ4n) is 5.06. The second kappa shape index (κ2) is 5.27. The lowest BCUT2D eigenvalue weighted by Gasteiger charge is -2.57. The maximum Gasteiger partial charge on any atom is 0.407 e. The van der Waals surface area contributed by atoms with Gasteiger partial charge in [0.1, 0.15) is 6.10 Å². The third-order valence-electron chi connectivity index (χ3n) is 5.68. The maximum absolute atomic E-state index is 12.1. The van der Waals surface area contributed by atoms with E-state index >= 15 is 0 Å². The highest BCUT2D eigenvalue weighted by Gasteiger charge is 2.56. The molecule has 1 amide bonds. The number of rotatable bonds is 3. The summed E-state index contributed by atoms with van der Waals surface area (Å²) >= 11 is 0. The highest BCUT2D eigenvalue weighted by Crippen LogP contribution is 2.56. The van der Waals surface area contributed by atoms with Crippen molar-refractivity contribution in [2.24, 2.45) is 17.8 Å². The number of hydrogen-bond acceptors (Lipinski definition) is 3. The van der Waals surface area contributed by atoms with Crippen LogP contribution < -0.4 is 5.32 Å². The largest absolute Gasteiger partial charge is 0.446 e. The molecule has 4 fully saturated rings. The molecule has 4 heteroatoms. The Hall–Kier alpha value is -1.55. The minimum atomic E-state index is -0.475. The summed E-state index contributed by atoms with van der Waals surface area (Å²) in [5.41, 5.74) is 0.593. The van der Waals surface area contributed by atoms with Gasteiger partial charge in [-0.2, -0.15) is 0 Å². The number of ether oxygens (including phenoxy) is 1. The van der Waals surface area contributed by atoms with Crippen LogP contribution in [0, 0.1) is 17.8 Å². The zero-order valence-corrected chi connectivity index (χ0v) is 12.7. The summed E-state index contributed by atoms with van der Waals surface area (Å²) in [6.07, 6.45) is 4.44. The van der Waals surface area contributed by atoms with Crippen molar-refractivity contribution in [2.45, 2.75) is 50.4 Å². The van der Waals surface area contributed by atoms with Crippen LogP contribution in [0.5, 0.6) is 0 Å². The lowest BCUT2D eigenvalue weighted by Crippen LogP contribution is -2.58. The van der Waals surface area contributed by atoms with Gasteiger partial charge in [0.25, 0.3) is 0 Å². The fourth-order valence-corrected chi connectivity index (χ4v) is 5.06. The average Bonchev–Trinajstić information content (AvgIpc) is 2.48. The van der Waals surface area contributed by atoms with Crippen LogP contribution in [-0.4, -0.2) is 22.9 Å². The van der Waals surface area contributed by atoms with Crippen LogP contribution in [0.2, 0.25) is 0 Å². The van der Waals surface area contributed by atoms with Gasteiger partial charge in [-0.3, -0.25) is 0 Å². The number of aliphatic hydroxyl groups is 1. The van der Waals surface area contributed by atoms with E-state index < -0.39 is 5.60 Å². The number of carbonyl (C=O) groups excluding carboxylic acids is 1. The van der Waals surface area contributed by atoms with Gasteiger partial charge >= 0.3 is 6.09 Å². The van der Waals surface area contributed by atoms with Crippen molar-refractivity contribution < 1.29 is 14.6 Å². The van der Waals surface area contributed by atoms with Gasteiger partial charge in [-0.15, -0.1) is 0 Å². The average molecular weight is 301 g/mol. The summed E-state index contributed by atoms with van der Waals surface area (Å²) in [6.45, 7) is 0.494. The SMILES string of the molecule is O=C(NCc1ccccc1)OC1C2CC3CC1CC(O)(C3)C2. The molecule has 0 saturated heterocycles. The Kier molecular flexibility index (Phi) is 3.37. The van der Waals surface area contributed by atoms with E-state index in [1.807, 2.05) is 30.3 Å². The van der Waals surface area contributed by atoms with Crippen molar-refractivity contribution in [1.29, 1.82) is 0 Å². The van der Waals surface area contributed by atoms with E-state index in [0.717, 1.165) is 37.7 Å². The van der Waals surface area contributed by atoms with Crippen molar-refractivity contribution in [3.8, 4) is 0 Å². The van der Waals surface area contributed by atoms with E-state index in [4.69, 9.17) is 4.74 Å². The molecule has 4 nitrogen and oxygen atoms in total. The predicted molar refractivity (Wildman–Crippen MR) is 82.1 cm³/mol. The first-order valence-corrected chi connectivity index (χ1v) is 8.32. The molecule has 2 N–H and O–H groups in total. The molecule has 0 radical (unpaired) electrons. The molecule has 1 aromatic carbocycles. The molecule has 0 aliphatic heterocycles. The molecule has 2 atom stereocenters. The van der Waals surface area contributed by atoms with Crippen LogP contribution >= 0.6 is 0 Å². The normalized spacial score (nSPS) is 38.8. The Morgan fingerprint density at radius 1 is 1.18 bits per heavy atom. The number of carbonyl (C=O) groups is 1. The molecule has 5 rings (SSSR count). The van der Waals surface area contributed by atoms with Crippen LogP contribution in [0.25, 0.3) is 0 Å². The van der Waals surface area contributed by atoms with Gasteiger partial charge in [0, 0.05) is 6.54 Å². The highest BCUT2D eigenvalue weighted by atomic mass is 16.6. The third-order valence-corrected chi connectivity index (χ3v) is 5.68. The molecule has 4 aliphatic rings. The molecule has 118 valence electrons. The van der Waals surface area contributed by atoms with Crippen LogP contribution in [0.1, 0.15) is 37.7 Å². The first-order valence-electron chi connectivity index (χ1n) is 8.32. The van der Waals surface area contributed by atoms with E-state index in [1.54, 1.807) is 0 Å². The third kappa shape index (κ3) is 2.60. The topological polar surface area (TPSA) is 58.6 Å². The van der Waals surface area contributed by atoms with Crippen LogP contribution in [0.15, 0.2) is 30.3 Å². The Balaban J connectivity index is 1.35. The Morgan fingerprint density at radius 2 is 1.86 bits per heavy atom. The summed E-state index contributed by atoms with van der Waals surface area (Å²) in [5, 5.41) is 13.4. The van der Waals surface area contributed by atoms with E-state index in [9.17, 15) is 9.90 Å². The molecule has 1 aromatic rings. The maximum atomic E-state index is 12.1. The van der Waals surface area contributed by atoms with Gasteiger partial charge < -0.3 is 15.2 Å². The molecule has 0 aromatic heterocycles. The second-order valence-corrected chi connectivity index (χ2v) is 7.40. The molecular formula is C18H23NO3. The van der Waals surface area contributed by atoms with Gasteiger partial charge in [-0.05, 0) is 55.4 Å². The van der Waals surface area contributed by atoms with E-state index in [-0.39, 0.29) is 12.2 Å². The summed E-state index contributed by atoms with van der Waals surface area (Å²) in [5.74, 6) is 1.33. The van der Waals surface area contributed by atoms with Crippen molar-refractivity contribution in [1.82, 2.24) is 5.32 Å². The van der Waals surface area contributed by atoms with Crippen molar-refractivity contribution in [3.63, 3.8) is 0 Å². The van der Waals surface area contributed by atoms with Gasteiger partial charge in [-0.25, -0.2) is 4.79 Å². The smallest absolute Gasteiger partial charge is 0.407 e. The molecule has 4 saturated carbocycles. The van der Waals surface area contributed by atoms with Crippen molar-refractivity contribution >= 4 is 6.09 Å². The van der Waals surface area contributed by atoms with Gasteiger partial charge in [0.15, 0.2) is 0 Å². The minimum Gasteiger partial charge on any atom is -0.446 e. The molecular weight excluding hydrogens is 278 g/mol. The predicted octanol–water partition coefficient (Wildman–Crippen LogP) is 2.85. The van der Waals surface area contributed by atoms with Gasteiger partial charge in [0.05, 0.1) is 5.60 Å². The summed E-state index contributed by atoms with van der Waals surface area (Å²) in [4.78, 5) is 12.1. The molecule has 4 aliphatic carbocycles. The monoisotopic (exact) mass is 301 g/mol. The van der Waals surface area contributed by atoms with Gasteiger partial charge in [0.2, 0.25) is 0 Å². The number of amides is 1. The summed E-state index contributed by atoms with van der Waals surface area (Å²) in [7, 11) is 0. The van der Waals surface area contributed by atoms with E-state index in [1.165, 1.54) is 0 Å². The standard InChI is InChI=1S/C18H23NO3/c20-17(19-11-12-4-2-1-3-5-12)22-16-14-6-13-7-15(16)10-18(21,8-13)9-14/h1-5,13-16,21H,6-11H2,(H,19,20). The van der Waals surface area contributed by atoms with Gasteiger partial charge in [-0.1, -0.05) is 30.3 Å². The van der Waals surface area contributed by atoms with Crippen molar-refractivity contribution in [2.75, 3.05) is 0 Å². The molecule has 0 spiro atoms. The Morgan fingerprint density at radius 3 is 2.50 bits per heavy atom. The molecule has 0 heterocycles. The minimum absolute atomic E-state index is 0.00685. The zero-order valence-electron chi connectivity index (χ0n) is 12.7. The first kappa shape index (κ1) is 14.1. The Labute approximate surface area is 130 Å². The van der Waals surface area contributed by atoms with Crippen LogP contribution in [0.4, 0.5) is 4.79 Å². The zero-order chi connectivity index (χ0) is 15.2.